The van der Waals surface area contributed by atoms with E-state index in [4.69, 9.17) is 4.98 Å². The van der Waals surface area contributed by atoms with Crippen molar-refractivity contribution in [2.75, 3.05) is 0 Å². The van der Waals surface area contributed by atoms with Gasteiger partial charge in [-0.3, -0.25) is 0 Å². The second-order valence-corrected chi connectivity index (χ2v) is 10.5. The topological polar surface area (TPSA) is 12.9 Å². The van der Waals surface area contributed by atoms with Gasteiger partial charge in [0.15, 0.2) is 0 Å². The molecule has 4 aromatic carbocycles. The minimum absolute atomic E-state index is 0.944. The van der Waals surface area contributed by atoms with E-state index in [-0.39, 0.29) is 0 Å². The Morgan fingerprint density at radius 2 is 1.50 bits per heavy atom. The van der Waals surface area contributed by atoms with Gasteiger partial charge in [-0.2, -0.15) is 0 Å². The second-order valence-electron chi connectivity index (χ2n) is 10.5. The van der Waals surface area contributed by atoms with Gasteiger partial charge in [0, 0.05) is 16.3 Å². The molecule has 0 saturated heterocycles. The third-order valence-electron chi connectivity index (χ3n) is 8.05. The summed E-state index contributed by atoms with van der Waals surface area (Å²) >= 11 is 0. The Morgan fingerprint density at radius 3 is 2.27 bits per heavy atom. The van der Waals surface area contributed by atoms with Crippen LogP contribution in [-0.2, 0) is 0 Å². The lowest BCUT2D eigenvalue weighted by atomic mass is 9.83. The van der Waals surface area contributed by atoms with Crippen LogP contribution in [0.4, 0.5) is 0 Å². The maximum absolute atomic E-state index is 5.13. The molecule has 0 fully saturated rings. The molecule has 0 bridgehead atoms. The smallest absolute Gasteiger partial charge is 0.0790 e. The largest absolute Gasteiger partial charge is 0.247 e. The molecule has 1 nitrogen and oxygen atoms in total. The molecule has 5 aromatic rings. The first kappa shape index (κ1) is 25.5. The molecule has 6 rings (SSSR count). The van der Waals surface area contributed by atoms with E-state index in [1.807, 2.05) is 12.2 Å². The van der Waals surface area contributed by atoms with Crippen LogP contribution in [0.25, 0.3) is 50.2 Å². The molecule has 0 saturated carbocycles. The van der Waals surface area contributed by atoms with Gasteiger partial charge in [-0.05, 0) is 82.9 Å². The number of rotatable bonds is 6. The Kier molecular flexibility index (Phi) is 6.88. The quantitative estimate of drug-likeness (QED) is 0.162. The van der Waals surface area contributed by atoms with E-state index in [0.717, 1.165) is 35.0 Å². The van der Waals surface area contributed by atoms with Gasteiger partial charge in [0.05, 0.1) is 11.0 Å². The van der Waals surface area contributed by atoms with Crippen LogP contribution in [0.2, 0.25) is 0 Å². The Hall–Kier alpha value is -4.75. The molecule has 1 aliphatic rings. The number of benzene rings is 4. The first-order valence-electron chi connectivity index (χ1n) is 13.9. The molecule has 0 amide bonds. The summed E-state index contributed by atoms with van der Waals surface area (Å²) in [6.07, 6.45) is 12.4. The van der Waals surface area contributed by atoms with Crippen molar-refractivity contribution in [2.45, 2.75) is 26.7 Å². The summed E-state index contributed by atoms with van der Waals surface area (Å²) in [5.41, 5.74) is 14.4. The van der Waals surface area contributed by atoms with Crippen molar-refractivity contribution in [1.29, 1.82) is 0 Å². The van der Waals surface area contributed by atoms with Crippen LogP contribution >= 0.6 is 0 Å². The van der Waals surface area contributed by atoms with E-state index in [1.54, 1.807) is 0 Å². The summed E-state index contributed by atoms with van der Waals surface area (Å²) in [5.74, 6) is 0. The van der Waals surface area contributed by atoms with Gasteiger partial charge >= 0.3 is 0 Å². The lowest BCUT2D eigenvalue weighted by Crippen LogP contribution is -2.00. The van der Waals surface area contributed by atoms with E-state index in [2.05, 4.69) is 130 Å². The van der Waals surface area contributed by atoms with Crippen LogP contribution < -0.4 is 0 Å². The van der Waals surface area contributed by atoms with Crippen molar-refractivity contribution in [3.05, 3.63) is 156 Å². The average molecular weight is 516 g/mol. The van der Waals surface area contributed by atoms with E-state index in [9.17, 15) is 0 Å². The molecular weight excluding hydrogens is 482 g/mol. The summed E-state index contributed by atoms with van der Waals surface area (Å²) in [6.45, 7) is 12.8. The third-order valence-corrected chi connectivity index (χ3v) is 8.05. The van der Waals surface area contributed by atoms with Crippen LogP contribution in [-0.4, -0.2) is 4.98 Å². The van der Waals surface area contributed by atoms with Crippen LogP contribution in [0.3, 0.4) is 0 Å². The van der Waals surface area contributed by atoms with Crippen molar-refractivity contribution >= 4 is 39.0 Å². The first-order valence-corrected chi connectivity index (χ1v) is 13.9. The maximum atomic E-state index is 5.13. The number of hydrogen-bond acceptors (Lipinski definition) is 1. The number of hydrogen-bond donors (Lipinski definition) is 0. The zero-order valence-corrected chi connectivity index (χ0v) is 23.2. The van der Waals surface area contributed by atoms with E-state index in [0.29, 0.717) is 0 Å². The summed E-state index contributed by atoms with van der Waals surface area (Å²) in [6, 6.07) is 30.2. The fraction of sp³-hybridized carbons (Fsp3) is 0.103. The van der Waals surface area contributed by atoms with Gasteiger partial charge in [-0.1, -0.05) is 122 Å². The fourth-order valence-electron chi connectivity index (χ4n) is 5.93. The SMILES string of the molecule is C=C/C=C\c1c(C)ccc2c(C3=CC=C(C(=C)c4ccccc4-c4ccccc4C)CC3)c3ccccc3nc12. The molecule has 0 spiro atoms. The maximum Gasteiger partial charge on any atom is 0.0790 e. The Bertz CT molecular complexity index is 1890. The molecular formula is C39H33N. The number of para-hydroxylation sites is 1. The number of nitrogens with zero attached hydrogens (tertiary/aromatic N) is 1. The lowest BCUT2D eigenvalue weighted by Gasteiger charge is -2.22. The van der Waals surface area contributed by atoms with Gasteiger partial charge in [-0.25, -0.2) is 4.98 Å². The number of allylic oxidation sites excluding steroid dienone is 7. The highest BCUT2D eigenvalue weighted by Gasteiger charge is 2.19. The molecule has 1 aliphatic carbocycles. The molecule has 0 atom stereocenters. The zero-order chi connectivity index (χ0) is 27.6. The normalized spacial score (nSPS) is 13.4. The molecule has 194 valence electrons. The van der Waals surface area contributed by atoms with Crippen molar-refractivity contribution in [1.82, 2.24) is 4.98 Å². The Labute approximate surface area is 237 Å². The van der Waals surface area contributed by atoms with E-state index >= 15 is 0 Å². The summed E-state index contributed by atoms with van der Waals surface area (Å²) in [5, 5.41) is 2.39. The predicted molar refractivity (Wildman–Crippen MR) is 174 cm³/mol. The van der Waals surface area contributed by atoms with Gasteiger partial charge < -0.3 is 0 Å². The van der Waals surface area contributed by atoms with Crippen LogP contribution in [0, 0.1) is 13.8 Å². The van der Waals surface area contributed by atoms with Crippen LogP contribution in [0.5, 0.6) is 0 Å². The molecule has 0 aliphatic heterocycles. The summed E-state index contributed by atoms with van der Waals surface area (Å²) in [7, 11) is 0. The molecule has 40 heavy (non-hydrogen) atoms. The van der Waals surface area contributed by atoms with Gasteiger partial charge in [0.1, 0.15) is 0 Å². The molecule has 1 aromatic heterocycles. The van der Waals surface area contributed by atoms with Crippen LogP contribution in [0.1, 0.15) is 40.7 Å². The highest BCUT2D eigenvalue weighted by Crippen LogP contribution is 2.41. The van der Waals surface area contributed by atoms with Gasteiger partial charge in [-0.15, -0.1) is 0 Å². The molecule has 0 radical (unpaired) electrons. The van der Waals surface area contributed by atoms with Crippen molar-refractivity contribution in [2.24, 2.45) is 0 Å². The first-order chi connectivity index (χ1) is 19.6. The number of aryl methyl sites for hydroxylation is 2. The number of fused-ring (bicyclic) bond motifs is 2. The average Bonchev–Trinajstić information content (AvgIpc) is 2.99. The minimum Gasteiger partial charge on any atom is -0.247 e. The molecule has 1 heteroatoms. The van der Waals surface area contributed by atoms with Crippen LogP contribution in [0.15, 0.2) is 128 Å². The van der Waals surface area contributed by atoms with Crippen molar-refractivity contribution < 1.29 is 0 Å². The minimum atomic E-state index is 0.944. The van der Waals surface area contributed by atoms with Gasteiger partial charge in [0.2, 0.25) is 0 Å². The second kappa shape index (κ2) is 10.8. The highest BCUT2D eigenvalue weighted by molar-refractivity contribution is 6.08. The van der Waals surface area contributed by atoms with E-state index < -0.39 is 0 Å². The van der Waals surface area contributed by atoms with Crippen molar-refractivity contribution in [3.8, 4) is 11.1 Å². The van der Waals surface area contributed by atoms with E-state index in [1.165, 1.54) is 55.3 Å². The summed E-state index contributed by atoms with van der Waals surface area (Å²) in [4.78, 5) is 5.13. The van der Waals surface area contributed by atoms with Gasteiger partial charge in [0.25, 0.3) is 0 Å². The predicted octanol–water partition coefficient (Wildman–Crippen LogP) is 10.7. The molecule has 0 N–H and O–H groups in total. The Morgan fingerprint density at radius 1 is 0.750 bits per heavy atom. The van der Waals surface area contributed by atoms with Crippen molar-refractivity contribution in [3.63, 3.8) is 0 Å². The zero-order valence-electron chi connectivity index (χ0n) is 23.2. The fourth-order valence-corrected chi connectivity index (χ4v) is 5.93. The lowest BCUT2D eigenvalue weighted by molar-refractivity contribution is 1.02. The summed E-state index contributed by atoms with van der Waals surface area (Å²) < 4.78 is 0. The molecule has 1 heterocycles. The third kappa shape index (κ3) is 4.54. The Balaban J connectivity index is 1.47. The number of aromatic nitrogens is 1. The molecule has 0 unspecified atom stereocenters. The highest BCUT2D eigenvalue weighted by atomic mass is 14.7. The monoisotopic (exact) mass is 515 g/mol. The standard InChI is InChI=1S/C39H33N/c1-5-6-14-32-27(3)20-25-36-38(35-18-11-12-19-37(35)40-39(32)36)30-23-21-29(22-24-30)28(4)33-16-9-10-17-34(33)31-15-8-7-13-26(31)2/h5-21,23,25H,1,4,22,24H2,2-3H3/b14-6-. The number of pyridine rings is 1.